The van der Waals surface area contributed by atoms with Crippen LogP contribution < -0.4 is 4.74 Å². The monoisotopic (exact) mass is 413 g/mol. The van der Waals surface area contributed by atoms with Gasteiger partial charge in [-0.3, -0.25) is 0 Å². The highest BCUT2D eigenvalue weighted by molar-refractivity contribution is 5.37. The molecule has 0 bridgehead atoms. The first-order valence-corrected chi connectivity index (χ1v) is 10.5. The average Bonchev–Trinajstić information content (AvgIpc) is 2.74. The SMILES string of the molecule is CCCC=C[C@H]1CC[C@H](c2ccc(C(F)(F)Oc3ccc(C#N)c(F)c3)cc2)CC1. The van der Waals surface area contributed by atoms with E-state index in [4.69, 9.17) is 10.00 Å². The Labute approximate surface area is 176 Å². The number of benzene rings is 2. The van der Waals surface area contributed by atoms with E-state index in [9.17, 15) is 13.2 Å². The van der Waals surface area contributed by atoms with Crippen LogP contribution in [0.5, 0.6) is 5.75 Å². The molecular weight excluding hydrogens is 387 g/mol. The Morgan fingerprint density at radius 3 is 2.40 bits per heavy atom. The van der Waals surface area contributed by atoms with Crippen molar-refractivity contribution >= 4 is 0 Å². The summed E-state index contributed by atoms with van der Waals surface area (Å²) in [5.41, 5.74) is 0.563. The maximum Gasteiger partial charge on any atom is 0.426 e. The number of alkyl halides is 2. The normalized spacial score (nSPS) is 19.6. The molecule has 2 aromatic carbocycles. The predicted molar refractivity (Wildman–Crippen MR) is 111 cm³/mol. The third-order valence-corrected chi connectivity index (χ3v) is 5.66. The van der Waals surface area contributed by atoms with Gasteiger partial charge in [0.25, 0.3) is 0 Å². The Morgan fingerprint density at radius 2 is 1.80 bits per heavy atom. The van der Waals surface area contributed by atoms with Crippen LogP contribution in [-0.4, -0.2) is 0 Å². The fraction of sp³-hybridized carbons (Fsp3) is 0.400. The van der Waals surface area contributed by atoms with Gasteiger partial charge in [-0.15, -0.1) is 0 Å². The summed E-state index contributed by atoms with van der Waals surface area (Å²) in [5.74, 6) is -0.203. The minimum Gasteiger partial charge on any atom is -0.429 e. The lowest BCUT2D eigenvalue weighted by atomic mass is 9.78. The van der Waals surface area contributed by atoms with Crippen molar-refractivity contribution in [3.05, 3.63) is 77.1 Å². The Balaban J connectivity index is 1.62. The van der Waals surface area contributed by atoms with E-state index in [0.29, 0.717) is 11.8 Å². The minimum absolute atomic E-state index is 0.217. The standard InChI is InChI=1S/C25H26F3NO/c1-2-3-4-5-18-6-8-19(9-7-18)20-10-13-22(14-11-20)25(27,28)30-23-15-12-21(17-29)24(26)16-23/h4-5,10-16,18-19H,2-3,6-9H2,1H3/t18-,19-. The summed E-state index contributed by atoms with van der Waals surface area (Å²) < 4.78 is 47.4. The molecule has 0 aromatic heterocycles. The van der Waals surface area contributed by atoms with E-state index in [1.54, 1.807) is 18.2 Å². The molecule has 0 spiro atoms. The Morgan fingerprint density at radius 1 is 1.10 bits per heavy atom. The highest BCUT2D eigenvalue weighted by Gasteiger charge is 2.35. The van der Waals surface area contributed by atoms with Crippen LogP contribution in [0.4, 0.5) is 13.2 Å². The summed E-state index contributed by atoms with van der Waals surface area (Å²) in [6.07, 6.45) is 7.62. The largest absolute Gasteiger partial charge is 0.429 e. The zero-order valence-corrected chi connectivity index (χ0v) is 17.1. The van der Waals surface area contributed by atoms with Crippen molar-refractivity contribution in [2.75, 3.05) is 0 Å². The van der Waals surface area contributed by atoms with E-state index in [1.165, 1.54) is 12.1 Å². The number of nitrogens with zero attached hydrogens (tertiary/aromatic N) is 1. The van der Waals surface area contributed by atoms with Crippen LogP contribution in [0.25, 0.3) is 0 Å². The maximum absolute atomic E-state index is 14.5. The third-order valence-electron chi connectivity index (χ3n) is 5.66. The number of rotatable bonds is 7. The van der Waals surface area contributed by atoms with Crippen molar-refractivity contribution in [2.24, 2.45) is 5.92 Å². The summed E-state index contributed by atoms with van der Waals surface area (Å²) in [5, 5.41) is 8.73. The van der Waals surface area contributed by atoms with Gasteiger partial charge in [0.15, 0.2) is 0 Å². The van der Waals surface area contributed by atoms with Gasteiger partial charge in [-0.25, -0.2) is 4.39 Å². The minimum atomic E-state index is -3.60. The van der Waals surface area contributed by atoms with Crippen LogP contribution >= 0.6 is 0 Å². The first kappa shape index (κ1) is 22.0. The van der Waals surface area contributed by atoms with Gasteiger partial charge < -0.3 is 4.74 Å². The predicted octanol–water partition coefficient (Wildman–Crippen LogP) is 7.46. The van der Waals surface area contributed by atoms with Crippen molar-refractivity contribution in [2.45, 2.75) is 57.5 Å². The third kappa shape index (κ3) is 5.44. The number of halogens is 3. The van der Waals surface area contributed by atoms with Crippen LogP contribution in [-0.2, 0) is 6.11 Å². The molecule has 0 heterocycles. The summed E-state index contributed by atoms with van der Waals surface area (Å²) in [6.45, 7) is 2.17. The van der Waals surface area contributed by atoms with E-state index in [2.05, 4.69) is 19.1 Å². The number of ether oxygens (including phenoxy) is 1. The molecule has 1 aliphatic carbocycles. The van der Waals surface area contributed by atoms with Crippen LogP contribution in [0, 0.1) is 23.1 Å². The lowest BCUT2D eigenvalue weighted by Crippen LogP contribution is -2.22. The molecule has 158 valence electrons. The molecular formula is C25H26F3NO. The molecule has 2 nitrogen and oxygen atoms in total. The van der Waals surface area contributed by atoms with Gasteiger partial charge in [0.1, 0.15) is 17.6 Å². The molecule has 0 aliphatic heterocycles. The molecule has 0 unspecified atom stereocenters. The van der Waals surface area contributed by atoms with Crippen molar-refractivity contribution in [1.29, 1.82) is 5.26 Å². The Bertz CT molecular complexity index is 907. The molecule has 0 atom stereocenters. The van der Waals surface area contributed by atoms with Crippen LogP contribution in [0.15, 0.2) is 54.6 Å². The molecule has 0 amide bonds. The first-order chi connectivity index (χ1) is 14.4. The lowest BCUT2D eigenvalue weighted by Gasteiger charge is -2.27. The smallest absolute Gasteiger partial charge is 0.426 e. The molecule has 1 fully saturated rings. The molecule has 0 N–H and O–H groups in total. The number of allylic oxidation sites excluding steroid dienone is 2. The second-order valence-corrected chi connectivity index (χ2v) is 7.82. The molecule has 0 saturated heterocycles. The van der Waals surface area contributed by atoms with E-state index in [0.717, 1.165) is 62.3 Å². The number of unbranched alkanes of at least 4 members (excludes halogenated alkanes) is 1. The molecule has 0 radical (unpaired) electrons. The van der Waals surface area contributed by atoms with Gasteiger partial charge in [0.05, 0.1) is 11.1 Å². The number of hydrogen-bond acceptors (Lipinski definition) is 2. The quantitative estimate of drug-likeness (QED) is 0.442. The van der Waals surface area contributed by atoms with Crippen molar-refractivity contribution < 1.29 is 17.9 Å². The van der Waals surface area contributed by atoms with Gasteiger partial charge in [0.2, 0.25) is 0 Å². The van der Waals surface area contributed by atoms with E-state index in [1.807, 2.05) is 0 Å². The van der Waals surface area contributed by atoms with Crippen molar-refractivity contribution in [1.82, 2.24) is 0 Å². The van der Waals surface area contributed by atoms with Gasteiger partial charge in [-0.2, -0.15) is 14.0 Å². The van der Waals surface area contributed by atoms with Gasteiger partial charge in [0, 0.05) is 6.07 Å². The molecule has 5 heteroatoms. The summed E-state index contributed by atoms with van der Waals surface area (Å²) in [4.78, 5) is 0. The Kier molecular flexibility index (Phi) is 7.20. The highest BCUT2D eigenvalue weighted by Crippen LogP contribution is 2.38. The molecule has 30 heavy (non-hydrogen) atoms. The van der Waals surface area contributed by atoms with E-state index >= 15 is 0 Å². The zero-order chi connectivity index (χ0) is 21.6. The topological polar surface area (TPSA) is 33.0 Å². The van der Waals surface area contributed by atoms with Crippen LogP contribution in [0.2, 0.25) is 0 Å². The van der Waals surface area contributed by atoms with Crippen LogP contribution in [0.3, 0.4) is 0 Å². The molecule has 1 aliphatic rings. The lowest BCUT2D eigenvalue weighted by molar-refractivity contribution is -0.185. The first-order valence-electron chi connectivity index (χ1n) is 10.5. The van der Waals surface area contributed by atoms with Gasteiger partial charge in [-0.05, 0) is 73.8 Å². The fourth-order valence-corrected chi connectivity index (χ4v) is 3.91. The number of nitriles is 1. The van der Waals surface area contributed by atoms with Crippen molar-refractivity contribution in [3.8, 4) is 11.8 Å². The second-order valence-electron chi connectivity index (χ2n) is 7.82. The maximum atomic E-state index is 14.5. The number of hydrogen-bond donors (Lipinski definition) is 0. The van der Waals surface area contributed by atoms with Gasteiger partial charge >= 0.3 is 6.11 Å². The molecule has 1 saturated carbocycles. The van der Waals surface area contributed by atoms with E-state index < -0.39 is 11.9 Å². The summed E-state index contributed by atoms with van der Waals surface area (Å²) in [6, 6.07) is 11.0. The van der Waals surface area contributed by atoms with Crippen molar-refractivity contribution in [3.63, 3.8) is 0 Å². The van der Waals surface area contributed by atoms with Crippen LogP contribution in [0.1, 0.15) is 68.1 Å². The average molecular weight is 413 g/mol. The Hall–Kier alpha value is -2.74. The molecule has 2 aromatic rings. The fourth-order valence-electron chi connectivity index (χ4n) is 3.91. The van der Waals surface area contributed by atoms with Gasteiger partial charge in [-0.1, -0.05) is 37.6 Å². The zero-order valence-electron chi connectivity index (χ0n) is 17.1. The highest BCUT2D eigenvalue weighted by atomic mass is 19.3. The summed E-state index contributed by atoms with van der Waals surface area (Å²) in [7, 11) is 0. The summed E-state index contributed by atoms with van der Waals surface area (Å²) >= 11 is 0. The second kappa shape index (κ2) is 9.84. The molecule has 3 rings (SSSR count). The van der Waals surface area contributed by atoms with E-state index in [-0.39, 0.29) is 16.9 Å².